The van der Waals surface area contributed by atoms with E-state index in [9.17, 15) is 4.79 Å². The van der Waals surface area contributed by atoms with Crippen LogP contribution in [0.15, 0.2) is 12.1 Å². The Morgan fingerprint density at radius 1 is 1.09 bits per heavy atom. The Balaban J connectivity index is 2.15. The number of piperidine rings is 1. The predicted molar refractivity (Wildman–Crippen MR) is 84.1 cm³/mol. The van der Waals surface area contributed by atoms with Crippen LogP contribution < -0.4 is 19.5 Å². The fourth-order valence-corrected chi connectivity index (χ4v) is 2.63. The van der Waals surface area contributed by atoms with Crippen molar-refractivity contribution in [3.8, 4) is 17.2 Å². The van der Waals surface area contributed by atoms with Crippen LogP contribution in [0.5, 0.6) is 17.2 Å². The van der Waals surface area contributed by atoms with E-state index in [4.69, 9.17) is 14.2 Å². The Hall–Kier alpha value is -1.95. The van der Waals surface area contributed by atoms with Gasteiger partial charge in [0.05, 0.1) is 21.3 Å². The summed E-state index contributed by atoms with van der Waals surface area (Å²) in [6.07, 6.45) is 1.93. The maximum absolute atomic E-state index is 12.5. The van der Waals surface area contributed by atoms with Crippen LogP contribution in [-0.2, 0) is 0 Å². The Labute approximate surface area is 131 Å². The molecule has 22 heavy (non-hydrogen) atoms. The Bertz CT molecular complexity index is 500. The van der Waals surface area contributed by atoms with Gasteiger partial charge in [-0.3, -0.25) is 4.79 Å². The fourth-order valence-electron chi connectivity index (χ4n) is 2.63. The predicted octanol–water partition coefficient (Wildman–Crippen LogP) is 1.54. The molecule has 1 aliphatic rings. The van der Waals surface area contributed by atoms with Gasteiger partial charge in [0.2, 0.25) is 5.75 Å². The van der Waals surface area contributed by atoms with Crippen molar-refractivity contribution in [3.05, 3.63) is 17.7 Å². The maximum Gasteiger partial charge on any atom is 0.251 e. The minimum Gasteiger partial charge on any atom is -0.493 e. The molecule has 0 unspecified atom stereocenters. The Morgan fingerprint density at radius 3 is 2.09 bits per heavy atom. The van der Waals surface area contributed by atoms with Crippen LogP contribution >= 0.6 is 0 Å². The van der Waals surface area contributed by atoms with Crippen molar-refractivity contribution >= 4 is 5.91 Å². The molecule has 1 saturated heterocycles. The van der Waals surface area contributed by atoms with Crippen molar-refractivity contribution in [2.75, 3.05) is 41.5 Å². The second-order valence-corrected chi connectivity index (χ2v) is 5.47. The number of hydrogen-bond donors (Lipinski definition) is 1. The number of nitrogens with zero attached hydrogens (tertiary/aromatic N) is 1. The number of ether oxygens (including phenoxy) is 3. The molecule has 1 aliphatic heterocycles. The maximum atomic E-state index is 12.5. The van der Waals surface area contributed by atoms with E-state index in [1.807, 2.05) is 0 Å². The van der Waals surface area contributed by atoms with Crippen LogP contribution in [0.4, 0.5) is 0 Å². The molecule has 0 saturated carbocycles. The average molecular weight is 308 g/mol. The zero-order valence-electron chi connectivity index (χ0n) is 13.6. The SMILES string of the molecule is COc1cc(C(=O)NC2CCN(C)CC2)cc(OC)c1OC. The summed E-state index contributed by atoms with van der Waals surface area (Å²) in [5.41, 5.74) is 0.508. The molecule has 1 heterocycles. The Kier molecular flexibility index (Phi) is 5.49. The molecular formula is C16H24N2O4. The van der Waals surface area contributed by atoms with E-state index in [0.29, 0.717) is 22.8 Å². The van der Waals surface area contributed by atoms with Crippen LogP contribution in [0.2, 0.25) is 0 Å². The van der Waals surface area contributed by atoms with E-state index < -0.39 is 0 Å². The molecule has 0 radical (unpaired) electrons. The van der Waals surface area contributed by atoms with Gasteiger partial charge in [-0.2, -0.15) is 0 Å². The molecule has 0 atom stereocenters. The number of methoxy groups -OCH3 is 3. The highest BCUT2D eigenvalue weighted by Gasteiger charge is 2.21. The molecule has 2 rings (SSSR count). The first kappa shape index (κ1) is 16.4. The highest BCUT2D eigenvalue weighted by atomic mass is 16.5. The molecular weight excluding hydrogens is 284 g/mol. The van der Waals surface area contributed by atoms with E-state index in [0.717, 1.165) is 25.9 Å². The van der Waals surface area contributed by atoms with Gasteiger partial charge in [0, 0.05) is 11.6 Å². The summed E-state index contributed by atoms with van der Waals surface area (Å²) >= 11 is 0. The molecule has 6 nitrogen and oxygen atoms in total. The monoisotopic (exact) mass is 308 g/mol. The molecule has 0 aliphatic carbocycles. The van der Waals surface area contributed by atoms with Crippen molar-refractivity contribution in [1.29, 1.82) is 0 Å². The van der Waals surface area contributed by atoms with Crippen LogP contribution in [0.25, 0.3) is 0 Å². The number of hydrogen-bond acceptors (Lipinski definition) is 5. The lowest BCUT2D eigenvalue weighted by Crippen LogP contribution is -2.43. The number of carbonyl (C=O) groups excluding carboxylic acids is 1. The lowest BCUT2D eigenvalue weighted by molar-refractivity contribution is 0.0916. The van der Waals surface area contributed by atoms with Crippen molar-refractivity contribution in [2.45, 2.75) is 18.9 Å². The summed E-state index contributed by atoms with van der Waals surface area (Å²) in [6, 6.07) is 3.56. The first-order chi connectivity index (χ1) is 10.6. The van der Waals surface area contributed by atoms with Gasteiger partial charge in [-0.15, -0.1) is 0 Å². The van der Waals surface area contributed by atoms with Crippen molar-refractivity contribution in [1.82, 2.24) is 10.2 Å². The molecule has 6 heteroatoms. The number of carbonyl (C=O) groups is 1. The first-order valence-corrected chi connectivity index (χ1v) is 7.38. The van der Waals surface area contributed by atoms with Gasteiger partial charge in [0.1, 0.15) is 0 Å². The minimum absolute atomic E-state index is 0.117. The number of nitrogens with one attached hydrogen (secondary N) is 1. The molecule has 1 N–H and O–H groups in total. The van der Waals surface area contributed by atoms with Crippen LogP contribution in [0, 0.1) is 0 Å². The molecule has 1 aromatic carbocycles. The summed E-state index contributed by atoms with van der Waals surface area (Å²) in [5.74, 6) is 1.33. The molecule has 0 aromatic heterocycles. The molecule has 1 fully saturated rings. The third-order valence-corrected chi connectivity index (χ3v) is 3.98. The van der Waals surface area contributed by atoms with Crippen molar-refractivity contribution in [3.63, 3.8) is 0 Å². The van der Waals surface area contributed by atoms with E-state index in [-0.39, 0.29) is 11.9 Å². The molecule has 0 spiro atoms. The smallest absolute Gasteiger partial charge is 0.251 e. The number of benzene rings is 1. The number of amides is 1. The lowest BCUT2D eigenvalue weighted by Gasteiger charge is -2.29. The summed E-state index contributed by atoms with van der Waals surface area (Å²) in [6.45, 7) is 2.00. The summed E-state index contributed by atoms with van der Waals surface area (Å²) in [5, 5.41) is 3.08. The number of rotatable bonds is 5. The quantitative estimate of drug-likeness (QED) is 0.894. The van der Waals surface area contributed by atoms with Crippen LogP contribution in [0.3, 0.4) is 0 Å². The third-order valence-electron chi connectivity index (χ3n) is 3.98. The fraction of sp³-hybridized carbons (Fsp3) is 0.562. The highest BCUT2D eigenvalue weighted by Crippen LogP contribution is 2.38. The second kappa shape index (κ2) is 7.35. The minimum atomic E-state index is -0.117. The lowest BCUT2D eigenvalue weighted by atomic mass is 10.0. The normalized spacial score (nSPS) is 16.2. The topological polar surface area (TPSA) is 60.0 Å². The summed E-state index contributed by atoms with van der Waals surface area (Å²) < 4.78 is 15.8. The van der Waals surface area contributed by atoms with Gasteiger partial charge in [-0.1, -0.05) is 0 Å². The van der Waals surface area contributed by atoms with Gasteiger partial charge < -0.3 is 24.4 Å². The average Bonchev–Trinajstić information content (AvgIpc) is 2.55. The van der Waals surface area contributed by atoms with Gasteiger partial charge in [0.25, 0.3) is 5.91 Å². The molecule has 0 bridgehead atoms. The van der Waals surface area contributed by atoms with Gasteiger partial charge in [0.15, 0.2) is 11.5 Å². The van der Waals surface area contributed by atoms with Crippen LogP contribution in [-0.4, -0.2) is 58.3 Å². The molecule has 1 aromatic rings. The van der Waals surface area contributed by atoms with E-state index in [1.165, 1.54) is 14.2 Å². The van der Waals surface area contributed by atoms with Gasteiger partial charge in [-0.25, -0.2) is 0 Å². The van der Waals surface area contributed by atoms with Crippen LogP contribution in [0.1, 0.15) is 23.2 Å². The first-order valence-electron chi connectivity index (χ1n) is 7.38. The zero-order chi connectivity index (χ0) is 16.1. The van der Waals surface area contributed by atoms with Gasteiger partial charge >= 0.3 is 0 Å². The van der Waals surface area contributed by atoms with Crippen molar-refractivity contribution in [2.24, 2.45) is 0 Å². The van der Waals surface area contributed by atoms with E-state index in [2.05, 4.69) is 17.3 Å². The second-order valence-electron chi connectivity index (χ2n) is 5.47. The molecule has 122 valence electrons. The highest BCUT2D eigenvalue weighted by molar-refractivity contribution is 5.95. The van der Waals surface area contributed by atoms with Crippen molar-refractivity contribution < 1.29 is 19.0 Å². The molecule has 1 amide bonds. The third kappa shape index (κ3) is 3.62. The largest absolute Gasteiger partial charge is 0.493 e. The van der Waals surface area contributed by atoms with Gasteiger partial charge in [-0.05, 0) is 45.1 Å². The summed E-state index contributed by atoms with van der Waals surface area (Å²) in [4.78, 5) is 14.7. The van der Waals surface area contributed by atoms with E-state index in [1.54, 1.807) is 19.2 Å². The van der Waals surface area contributed by atoms with E-state index >= 15 is 0 Å². The zero-order valence-corrected chi connectivity index (χ0v) is 13.6. The standard InChI is InChI=1S/C16H24N2O4/c1-18-7-5-12(6-8-18)17-16(19)11-9-13(20-2)15(22-4)14(10-11)21-3/h9-10,12H,5-8H2,1-4H3,(H,17,19). The Morgan fingerprint density at radius 2 is 1.64 bits per heavy atom. The number of likely N-dealkylation sites (tertiary alicyclic amines) is 1. The summed E-state index contributed by atoms with van der Waals surface area (Å²) in [7, 11) is 6.71.